The molecule has 0 fully saturated rings. The first-order valence-electron chi connectivity index (χ1n) is 6.40. The zero-order valence-corrected chi connectivity index (χ0v) is 14.5. The molecule has 7 heteroatoms. The second-order valence-electron chi connectivity index (χ2n) is 4.52. The van der Waals surface area contributed by atoms with E-state index in [0.717, 1.165) is 12.8 Å². The largest absolute Gasteiger partial charge is 0.240 e. The van der Waals surface area contributed by atoms with Gasteiger partial charge in [0.25, 0.3) is 0 Å². The van der Waals surface area contributed by atoms with Gasteiger partial charge < -0.3 is 0 Å². The van der Waals surface area contributed by atoms with Crippen LogP contribution in [0.3, 0.4) is 0 Å². The highest BCUT2D eigenvalue weighted by Gasteiger charge is 2.20. The molecule has 0 radical (unpaired) electrons. The van der Waals surface area contributed by atoms with Crippen LogP contribution in [0.15, 0.2) is 23.1 Å². The van der Waals surface area contributed by atoms with Gasteiger partial charge >= 0.3 is 0 Å². The van der Waals surface area contributed by atoms with Crippen molar-refractivity contribution in [2.24, 2.45) is 5.92 Å². The Morgan fingerprint density at radius 3 is 2.25 bits per heavy atom. The fourth-order valence-corrected chi connectivity index (χ4v) is 3.86. The molecule has 1 rings (SSSR count). The van der Waals surface area contributed by atoms with E-state index in [1.807, 2.05) is 13.8 Å². The van der Waals surface area contributed by atoms with E-state index in [-0.39, 0.29) is 27.8 Å². The number of hydrogen-bond acceptors (Lipinski definition) is 2. The maximum absolute atomic E-state index is 12.1. The van der Waals surface area contributed by atoms with Crippen molar-refractivity contribution in [2.75, 3.05) is 6.54 Å². The van der Waals surface area contributed by atoms with Crippen molar-refractivity contribution in [3.63, 3.8) is 0 Å². The molecule has 1 N–H and O–H groups in total. The zero-order chi connectivity index (χ0) is 15.3. The smallest absolute Gasteiger partial charge is 0.210 e. The minimum absolute atomic E-state index is 0.0836. The number of halogens is 3. The molecule has 0 aliphatic carbocycles. The SMILES string of the molecule is CCC(CC)C(Cl)CNS(=O)(=O)c1ccc(Cl)c(Cl)c1. The van der Waals surface area contributed by atoms with E-state index in [4.69, 9.17) is 34.8 Å². The van der Waals surface area contributed by atoms with Crippen molar-refractivity contribution in [2.45, 2.75) is 37.0 Å². The molecular formula is C13H18Cl3NO2S. The van der Waals surface area contributed by atoms with Crippen molar-refractivity contribution in [1.29, 1.82) is 0 Å². The normalized spacial score (nSPS) is 13.7. The summed E-state index contributed by atoms with van der Waals surface area (Å²) in [6.45, 7) is 4.27. The van der Waals surface area contributed by atoms with Crippen molar-refractivity contribution in [3.05, 3.63) is 28.2 Å². The summed E-state index contributed by atoms with van der Waals surface area (Å²) in [7, 11) is -3.62. The van der Waals surface area contributed by atoms with Gasteiger partial charge in [0.15, 0.2) is 0 Å². The summed E-state index contributed by atoms with van der Waals surface area (Å²) in [5.74, 6) is 0.285. The Balaban J connectivity index is 2.77. The summed E-state index contributed by atoms with van der Waals surface area (Å²) in [5.41, 5.74) is 0. The molecule has 0 saturated carbocycles. The van der Waals surface area contributed by atoms with Crippen LogP contribution in [0.2, 0.25) is 10.0 Å². The quantitative estimate of drug-likeness (QED) is 0.738. The lowest BCUT2D eigenvalue weighted by Crippen LogP contribution is -2.33. The number of benzene rings is 1. The molecule has 1 unspecified atom stereocenters. The fraction of sp³-hybridized carbons (Fsp3) is 0.538. The minimum Gasteiger partial charge on any atom is -0.210 e. The van der Waals surface area contributed by atoms with E-state index in [1.165, 1.54) is 18.2 Å². The van der Waals surface area contributed by atoms with E-state index >= 15 is 0 Å². The van der Waals surface area contributed by atoms with E-state index in [9.17, 15) is 8.42 Å². The monoisotopic (exact) mass is 357 g/mol. The molecule has 1 aromatic carbocycles. The van der Waals surface area contributed by atoms with Gasteiger partial charge in [0.05, 0.1) is 14.9 Å². The molecule has 0 saturated heterocycles. The number of sulfonamides is 1. The Bertz CT molecular complexity index is 545. The lowest BCUT2D eigenvalue weighted by Gasteiger charge is -2.19. The predicted molar refractivity (Wildman–Crippen MR) is 85.4 cm³/mol. The van der Waals surface area contributed by atoms with Gasteiger partial charge in [-0.05, 0) is 24.1 Å². The zero-order valence-electron chi connectivity index (χ0n) is 11.4. The third kappa shape index (κ3) is 4.78. The van der Waals surface area contributed by atoms with Crippen LogP contribution in [0.1, 0.15) is 26.7 Å². The maximum Gasteiger partial charge on any atom is 0.240 e. The maximum atomic E-state index is 12.1. The Hall–Kier alpha value is -0.000000000000000111. The Kier molecular flexibility index (Phi) is 7.09. The highest BCUT2D eigenvalue weighted by Crippen LogP contribution is 2.25. The summed E-state index contributed by atoms with van der Waals surface area (Å²) in [6, 6.07) is 4.20. The van der Waals surface area contributed by atoms with Crippen LogP contribution in [-0.4, -0.2) is 20.3 Å². The molecule has 1 aromatic rings. The lowest BCUT2D eigenvalue weighted by molar-refractivity contribution is 0.460. The molecule has 3 nitrogen and oxygen atoms in total. The number of hydrogen-bond donors (Lipinski definition) is 1. The van der Waals surface area contributed by atoms with Gasteiger partial charge in [-0.15, -0.1) is 11.6 Å². The first-order valence-corrected chi connectivity index (χ1v) is 9.08. The molecule has 0 heterocycles. The second kappa shape index (κ2) is 7.85. The first-order chi connectivity index (χ1) is 9.31. The molecule has 1 atom stereocenters. The van der Waals surface area contributed by atoms with Crippen LogP contribution >= 0.6 is 34.8 Å². The molecule has 0 aliphatic rings. The van der Waals surface area contributed by atoms with E-state index in [0.29, 0.717) is 5.02 Å². The van der Waals surface area contributed by atoms with E-state index in [2.05, 4.69) is 4.72 Å². The lowest BCUT2D eigenvalue weighted by atomic mass is 9.99. The summed E-state index contributed by atoms with van der Waals surface area (Å²) in [6.07, 6.45) is 1.83. The average molecular weight is 359 g/mol. The highest BCUT2D eigenvalue weighted by atomic mass is 35.5. The van der Waals surface area contributed by atoms with Gasteiger partial charge in [-0.1, -0.05) is 49.9 Å². The third-order valence-electron chi connectivity index (χ3n) is 3.23. The molecule has 0 bridgehead atoms. The average Bonchev–Trinajstić information content (AvgIpc) is 2.41. The molecule has 0 aliphatic heterocycles. The van der Waals surface area contributed by atoms with Gasteiger partial charge in [0, 0.05) is 11.9 Å². The molecule has 0 aromatic heterocycles. The Labute approximate surface area is 135 Å². The van der Waals surface area contributed by atoms with Crippen molar-refractivity contribution in [3.8, 4) is 0 Å². The third-order valence-corrected chi connectivity index (χ3v) is 5.90. The highest BCUT2D eigenvalue weighted by molar-refractivity contribution is 7.89. The van der Waals surface area contributed by atoms with Gasteiger partial charge in [0.2, 0.25) is 10.0 Å². The molecule has 0 spiro atoms. The van der Waals surface area contributed by atoms with Crippen molar-refractivity contribution >= 4 is 44.8 Å². The second-order valence-corrected chi connectivity index (χ2v) is 7.66. The molecular weight excluding hydrogens is 341 g/mol. The number of nitrogens with one attached hydrogen (secondary N) is 1. The summed E-state index contributed by atoms with van der Waals surface area (Å²) in [5, 5.41) is 0.289. The van der Waals surface area contributed by atoms with E-state index < -0.39 is 10.0 Å². The van der Waals surface area contributed by atoms with Crippen LogP contribution in [0.5, 0.6) is 0 Å². The standard InChI is InChI=1S/C13H18Cl3NO2S/c1-3-9(4-2)13(16)8-17-20(18,19)10-5-6-11(14)12(15)7-10/h5-7,9,13,17H,3-4,8H2,1-2H3. The Morgan fingerprint density at radius 1 is 1.15 bits per heavy atom. The van der Waals surface area contributed by atoms with Gasteiger partial charge in [0.1, 0.15) is 0 Å². The van der Waals surface area contributed by atoms with Crippen LogP contribution in [0.25, 0.3) is 0 Å². The van der Waals surface area contributed by atoms with Crippen molar-refractivity contribution in [1.82, 2.24) is 4.72 Å². The fourth-order valence-electron chi connectivity index (χ4n) is 1.88. The van der Waals surface area contributed by atoms with Gasteiger partial charge in [-0.2, -0.15) is 0 Å². The summed E-state index contributed by atoms with van der Waals surface area (Å²) >= 11 is 17.8. The predicted octanol–water partition coefficient (Wildman–Crippen LogP) is 4.32. The van der Waals surface area contributed by atoms with Gasteiger partial charge in [-0.25, -0.2) is 13.1 Å². The summed E-state index contributed by atoms with van der Waals surface area (Å²) in [4.78, 5) is 0.0836. The number of alkyl halides is 1. The Morgan fingerprint density at radius 2 is 1.75 bits per heavy atom. The topological polar surface area (TPSA) is 46.2 Å². The van der Waals surface area contributed by atoms with Crippen LogP contribution in [0, 0.1) is 5.92 Å². The van der Waals surface area contributed by atoms with Crippen LogP contribution in [0.4, 0.5) is 0 Å². The minimum atomic E-state index is -3.62. The van der Waals surface area contributed by atoms with E-state index in [1.54, 1.807) is 0 Å². The van der Waals surface area contributed by atoms with Crippen LogP contribution in [-0.2, 0) is 10.0 Å². The van der Waals surface area contributed by atoms with Gasteiger partial charge in [-0.3, -0.25) is 0 Å². The molecule has 20 heavy (non-hydrogen) atoms. The molecule has 0 amide bonds. The first kappa shape index (κ1) is 18.1. The number of rotatable bonds is 7. The molecule has 114 valence electrons. The summed E-state index contributed by atoms with van der Waals surface area (Å²) < 4.78 is 26.8. The van der Waals surface area contributed by atoms with Crippen molar-refractivity contribution < 1.29 is 8.42 Å². The van der Waals surface area contributed by atoms with Crippen LogP contribution < -0.4 is 4.72 Å².